The van der Waals surface area contributed by atoms with Gasteiger partial charge in [0.05, 0.1) is 6.42 Å². The minimum atomic E-state index is -0.244. The van der Waals surface area contributed by atoms with Gasteiger partial charge >= 0.3 is 0 Å². The van der Waals surface area contributed by atoms with Crippen LogP contribution in [0.3, 0.4) is 0 Å². The largest absolute Gasteiger partial charge is 0.369 e. The van der Waals surface area contributed by atoms with Gasteiger partial charge in [-0.25, -0.2) is 0 Å². The highest BCUT2D eigenvalue weighted by Crippen LogP contribution is 2.18. The Morgan fingerprint density at radius 2 is 1.90 bits per heavy atom. The predicted octanol–water partition coefficient (Wildman–Crippen LogP) is 1.57. The Morgan fingerprint density at radius 1 is 1.25 bits per heavy atom. The van der Waals surface area contributed by atoms with E-state index >= 15 is 0 Å². The van der Waals surface area contributed by atoms with Crippen LogP contribution >= 0.6 is 0 Å². The zero-order valence-electron chi connectivity index (χ0n) is 12.2. The van der Waals surface area contributed by atoms with Crippen molar-refractivity contribution in [3.63, 3.8) is 0 Å². The average Bonchev–Trinajstić information content (AvgIpc) is 2.42. The molecule has 0 aromatic heterocycles. The molecule has 2 rings (SSSR count). The molecule has 1 aromatic carbocycles. The predicted molar refractivity (Wildman–Crippen MR) is 78.1 cm³/mol. The van der Waals surface area contributed by atoms with Gasteiger partial charge in [0.15, 0.2) is 0 Å². The van der Waals surface area contributed by atoms with Gasteiger partial charge < -0.3 is 10.6 Å². The van der Waals surface area contributed by atoms with Crippen molar-refractivity contribution >= 4 is 11.8 Å². The summed E-state index contributed by atoms with van der Waals surface area (Å²) in [6.07, 6.45) is 1.81. The monoisotopic (exact) mass is 274 g/mol. The molecule has 0 bridgehead atoms. The first kappa shape index (κ1) is 14.6. The number of benzene rings is 1. The first-order chi connectivity index (χ1) is 9.47. The second-order valence-corrected chi connectivity index (χ2v) is 5.66. The van der Waals surface area contributed by atoms with E-state index < -0.39 is 0 Å². The first-order valence-corrected chi connectivity index (χ1v) is 7.10. The van der Waals surface area contributed by atoms with Gasteiger partial charge in [-0.15, -0.1) is 0 Å². The molecule has 1 aliphatic rings. The number of carbonyl (C=O) groups is 2. The summed E-state index contributed by atoms with van der Waals surface area (Å²) in [5, 5.41) is 0. The number of hydrogen-bond donors (Lipinski definition) is 1. The van der Waals surface area contributed by atoms with Gasteiger partial charge in [-0.1, -0.05) is 23.8 Å². The van der Waals surface area contributed by atoms with Crippen molar-refractivity contribution < 1.29 is 9.59 Å². The number of carbonyl (C=O) groups excluding carboxylic acids is 2. The van der Waals surface area contributed by atoms with Crippen LogP contribution in [-0.2, 0) is 16.0 Å². The van der Waals surface area contributed by atoms with Crippen LogP contribution in [0.25, 0.3) is 0 Å². The third-order valence-electron chi connectivity index (χ3n) is 4.09. The Morgan fingerprint density at radius 3 is 2.45 bits per heavy atom. The lowest BCUT2D eigenvalue weighted by Gasteiger charge is -2.30. The molecule has 1 saturated heterocycles. The van der Waals surface area contributed by atoms with Gasteiger partial charge in [0, 0.05) is 19.0 Å². The maximum absolute atomic E-state index is 12.3. The normalized spacial score (nSPS) is 16.2. The molecule has 1 aromatic rings. The molecule has 1 aliphatic heterocycles. The highest BCUT2D eigenvalue weighted by atomic mass is 16.2. The summed E-state index contributed by atoms with van der Waals surface area (Å²) in [6, 6.07) is 6.16. The van der Waals surface area contributed by atoms with E-state index in [-0.39, 0.29) is 17.7 Å². The van der Waals surface area contributed by atoms with E-state index in [1.807, 2.05) is 30.9 Å². The summed E-state index contributed by atoms with van der Waals surface area (Å²) in [5.74, 6) is -0.175. The van der Waals surface area contributed by atoms with Gasteiger partial charge in [0.2, 0.25) is 11.8 Å². The molecule has 0 radical (unpaired) electrons. The van der Waals surface area contributed by atoms with E-state index in [9.17, 15) is 9.59 Å². The van der Waals surface area contributed by atoms with Gasteiger partial charge in [-0.05, 0) is 37.8 Å². The van der Waals surface area contributed by atoms with E-state index in [1.165, 1.54) is 5.56 Å². The summed E-state index contributed by atoms with van der Waals surface area (Å²) in [7, 11) is 0. The van der Waals surface area contributed by atoms with Crippen LogP contribution in [0.2, 0.25) is 0 Å². The Labute approximate surface area is 119 Å². The maximum atomic E-state index is 12.3. The zero-order valence-corrected chi connectivity index (χ0v) is 12.2. The quantitative estimate of drug-likeness (QED) is 0.909. The van der Waals surface area contributed by atoms with Gasteiger partial charge in [0.25, 0.3) is 0 Å². The first-order valence-electron chi connectivity index (χ1n) is 7.10. The molecular weight excluding hydrogens is 252 g/mol. The molecule has 0 aliphatic carbocycles. The van der Waals surface area contributed by atoms with Crippen LogP contribution in [0, 0.1) is 19.8 Å². The molecule has 20 heavy (non-hydrogen) atoms. The highest BCUT2D eigenvalue weighted by Gasteiger charge is 2.25. The van der Waals surface area contributed by atoms with Crippen molar-refractivity contribution in [1.82, 2.24) is 4.90 Å². The number of nitrogens with two attached hydrogens (primary N) is 1. The van der Waals surface area contributed by atoms with Crippen molar-refractivity contribution in [2.24, 2.45) is 11.7 Å². The Hall–Kier alpha value is -1.84. The molecule has 0 unspecified atom stereocenters. The lowest BCUT2D eigenvalue weighted by Crippen LogP contribution is -2.42. The number of nitrogens with zero attached hydrogens (tertiary/aromatic N) is 1. The van der Waals surface area contributed by atoms with Crippen LogP contribution < -0.4 is 5.73 Å². The van der Waals surface area contributed by atoms with Gasteiger partial charge in [-0.3, -0.25) is 9.59 Å². The Bertz CT molecular complexity index is 517. The standard InChI is InChI=1S/C16H22N2O2/c1-11-3-4-14(12(2)9-11)10-15(19)18-7-5-13(6-8-18)16(17)20/h3-4,9,13H,5-8,10H2,1-2H3,(H2,17,20). The minimum Gasteiger partial charge on any atom is -0.369 e. The summed E-state index contributed by atoms with van der Waals surface area (Å²) in [4.78, 5) is 25.3. The van der Waals surface area contributed by atoms with Crippen molar-refractivity contribution in [1.29, 1.82) is 0 Å². The van der Waals surface area contributed by atoms with Crippen LogP contribution in [-0.4, -0.2) is 29.8 Å². The summed E-state index contributed by atoms with van der Waals surface area (Å²) in [5.41, 5.74) is 8.75. The fraction of sp³-hybridized carbons (Fsp3) is 0.500. The molecule has 0 saturated carbocycles. The fourth-order valence-corrected chi connectivity index (χ4v) is 2.73. The summed E-state index contributed by atoms with van der Waals surface area (Å²) < 4.78 is 0. The van der Waals surface area contributed by atoms with Crippen molar-refractivity contribution in [2.75, 3.05) is 13.1 Å². The summed E-state index contributed by atoms with van der Waals surface area (Å²) in [6.45, 7) is 5.36. The van der Waals surface area contributed by atoms with Crippen molar-refractivity contribution in [3.8, 4) is 0 Å². The number of amides is 2. The topological polar surface area (TPSA) is 63.4 Å². The number of aryl methyl sites for hydroxylation is 2. The smallest absolute Gasteiger partial charge is 0.226 e. The molecule has 1 heterocycles. The van der Waals surface area contributed by atoms with E-state index in [0.29, 0.717) is 32.4 Å². The number of likely N-dealkylation sites (tertiary alicyclic amines) is 1. The highest BCUT2D eigenvalue weighted by molar-refractivity contribution is 5.80. The lowest BCUT2D eigenvalue weighted by atomic mass is 9.95. The van der Waals surface area contributed by atoms with E-state index in [0.717, 1.165) is 11.1 Å². The minimum absolute atomic E-state index is 0.0693. The zero-order chi connectivity index (χ0) is 14.7. The average molecular weight is 274 g/mol. The molecule has 4 nitrogen and oxygen atoms in total. The SMILES string of the molecule is Cc1ccc(CC(=O)N2CCC(C(N)=O)CC2)c(C)c1. The molecular formula is C16H22N2O2. The van der Waals surface area contributed by atoms with Gasteiger partial charge in [-0.2, -0.15) is 0 Å². The van der Waals surface area contributed by atoms with Crippen LogP contribution in [0.1, 0.15) is 29.5 Å². The number of primary amides is 1. The van der Waals surface area contributed by atoms with Crippen molar-refractivity contribution in [3.05, 3.63) is 34.9 Å². The number of hydrogen-bond acceptors (Lipinski definition) is 2. The summed E-state index contributed by atoms with van der Waals surface area (Å²) >= 11 is 0. The fourth-order valence-electron chi connectivity index (χ4n) is 2.73. The number of rotatable bonds is 3. The molecule has 2 amide bonds. The molecule has 2 N–H and O–H groups in total. The van der Waals surface area contributed by atoms with E-state index in [4.69, 9.17) is 5.73 Å². The number of piperidine rings is 1. The third kappa shape index (κ3) is 3.38. The maximum Gasteiger partial charge on any atom is 0.226 e. The second-order valence-electron chi connectivity index (χ2n) is 5.66. The Balaban J connectivity index is 1.94. The van der Waals surface area contributed by atoms with E-state index in [2.05, 4.69) is 6.07 Å². The molecule has 4 heteroatoms. The third-order valence-corrected chi connectivity index (χ3v) is 4.09. The Kier molecular flexibility index (Phi) is 4.42. The molecule has 108 valence electrons. The van der Waals surface area contributed by atoms with Crippen LogP contribution in [0.4, 0.5) is 0 Å². The molecule has 1 fully saturated rings. The van der Waals surface area contributed by atoms with Gasteiger partial charge in [0.1, 0.15) is 0 Å². The van der Waals surface area contributed by atoms with Crippen molar-refractivity contribution in [2.45, 2.75) is 33.1 Å². The lowest BCUT2D eigenvalue weighted by molar-refractivity contribution is -0.134. The molecule has 0 atom stereocenters. The van der Waals surface area contributed by atoms with Crippen LogP contribution in [0.5, 0.6) is 0 Å². The second kappa shape index (κ2) is 6.07. The van der Waals surface area contributed by atoms with E-state index in [1.54, 1.807) is 0 Å². The van der Waals surface area contributed by atoms with Crippen LogP contribution in [0.15, 0.2) is 18.2 Å². The molecule has 0 spiro atoms.